The van der Waals surface area contributed by atoms with Crippen molar-refractivity contribution < 1.29 is 8.42 Å². The minimum Gasteiger partial charge on any atom is -0.300 e. The molecule has 0 bridgehead atoms. The molecule has 1 aliphatic carbocycles. The number of rotatable bonds is 7. The fraction of sp³-hybridized carbons (Fsp3) is 0.440. The summed E-state index contributed by atoms with van der Waals surface area (Å²) in [5, 5.41) is 1.08. The van der Waals surface area contributed by atoms with Crippen LogP contribution in [0.5, 0.6) is 0 Å². The van der Waals surface area contributed by atoms with E-state index >= 15 is 0 Å². The molecule has 0 aliphatic heterocycles. The molecule has 5 heteroatoms. The molecule has 1 aromatic heterocycles. The molecular weight excluding hydrogens is 392 g/mol. The lowest BCUT2D eigenvalue weighted by atomic mass is 9.85. The molecule has 0 radical (unpaired) electrons. The Labute approximate surface area is 180 Å². The van der Waals surface area contributed by atoms with E-state index in [4.69, 9.17) is 0 Å². The zero-order chi connectivity index (χ0) is 21.3. The Kier molecular flexibility index (Phi) is 6.03. The number of aryl methyl sites for hydroxylation is 2. The van der Waals surface area contributed by atoms with Gasteiger partial charge in [-0.25, -0.2) is 12.4 Å². The van der Waals surface area contributed by atoms with E-state index in [-0.39, 0.29) is 0 Å². The molecule has 3 aromatic rings. The number of fused-ring (bicyclic) bond motifs is 3. The van der Waals surface area contributed by atoms with Crippen molar-refractivity contribution in [1.29, 1.82) is 0 Å². The van der Waals surface area contributed by atoms with Gasteiger partial charge < -0.3 is 4.90 Å². The van der Waals surface area contributed by atoms with Crippen molar-refractivity contribution in [2.75, 3.05) is 13.1 Å². The van der Waals surface area contributed by atoms with Gasteiger partial charge in [0.15, 0.2) is 0 Å². The van der Waals surface area contributed by atoms with Crippen molar-refractivity contribution in [3.05, 3.63) is 65.4 Å². The van der Waals surface area contributed by atoms with Crippen LogP contribution in [0.1, 0.15) is 49.8 Å². The zero-order valence-corrected chi connectivity index (χ0v) is 19.1. The largest absolute Gasteiger partial charge is 0.300 e. The third kappa shape index (κ3) is 3.81. The van der Waals surface area contributed by atoms with Crippen LogP contribution < -0.4 is 0 Å². The quantitative estimate of drug-likeness (QED) is 0.526. The maximum atomic E-state index is 13.3. The van der Waals surface area contributed by atoms with Crippen LogP contribution >= 0.6 is 0 Å². The molecule has 0 fully saturated rings. The van der Waals surface area contributed by atoms with Gasteiger partial charge in [-0.2, -0.15) is 0 Å². The third-order valence-corrected chi connectivity index (χ3v) is 8.05. The van der Waals surface area contributed by atoms with Gasteiger partial charge in [-0.05, 0) is 87.5 Å². The lowest BCUT2D eigenvalue weighted by molar-refractivity contribution is 0.180. The first kappa shape index (κ1) is 21.1. The predicted molar refractivity (Wildman–Crippen MR) is 124 cm³/mol. The summed E-state index contributed by atoms with van der Waals surface area (Å²) >= 11 is 0. The number of aromatic nitrogens is 1. The van der Waals surface area contributed by atoms with Crippen LogP contribution in [0, 0.1) is 6.92 Å². The summed E-state index contributed by atoms with van der Waals surface area (Å²) < 4.78 is 28.0. The van der Waals surface area contributed by atoms with Crippen LogP contribution in [0.15, 0.2) is 53.6 Å². The van der Waals surface area contributed by atoms with E-state index in [9.17, 15) is 8.42 Å². The van der Waals surface area contributed by atoms with Gasteiger partial charge in [0.2, 0.25) is 0 Å². The van der Waals surface area contributed by atoms with Gasteiger partial charge >= 0.3 is 0 Å². The molecule has 0 amide bonds. The normalized spacial score (nSPS) is 16.9. The fourth-order valence-corrected chi connectivity index (χ4v) is 6.18. The van der Waals surface area contributed by atoms with Gasteiger partial charge in [-0.1, -0.05) is 37.6 Å². The Balaban J connectivity index is 1.73. The maximum absolute atomic E-state index is 13.3. The van der Waals surface area contributed by atoms with Crippen molar-refractivity contribution in [2.45, 2.75) is 63.8 Å². The van der Waals surface area contributed by atoms with E-state index in [0.717, 1.165) is 42.4 Å². The van der Waals surface area contributed by atoms with Crippen LogP contribution in [-0.2, 0) is 22.9 Å². The summed E-state index contributed by atoms with van der Waals surface area (Å²) in [6, 6.07) is 13.7. The van der Waals surface area contributed by atoms with E-state index in [1.165, 1.54) is 34.4 Å². The van der Waals surface area contributed by atoms with Crippen molar-refractivity contribution >= 4 is 20.9 Å². The van der Waals surface area contributed by atoms with Crippen molar-refractivity contribution in [2.24, 2.45) is 0 Å². The first-order chi connectivity index (χ1) is 14.5. The minimum atomic E-state index is -3.61. The molecule has 1 aliphatic rings. The highest BCUT2D eigenvalue weighted by molar-refractivity contribution is 7.90. The van der Waals surface area contributed by atoms with E-state index in [2.05, 4.69) is 24.8 Å². The third-order valence-electron chi connectivity index (χ3n) is 6.35. The van der Waals surface area contributed by atoms with Gasteiger partial charge in [-0.15, -0.1) is 0 Å². The molecule has 160 valence electrons. The minimum absolute atomic E-state index is 0.332. The van der Waals surface area contributed by atoms with E-state index in [1.807, 2.05) is 31.2 Å². The lowest BCUT2D eigenvalue weighted by Crippen LogP contribution is -2.40. The smallest absolute Gasteiger partial charge is 0.268 e. The Morgan fingerprint density at radius 1 is 1.00 bits per heavy atom. The molecule has 0 saturated carbocycles. The second-order valence-electron chi connectivity index (χ2n) is 8.50. The average molecular weight is 425 g/mol. The Morgan fingerprint density at radius 2 is 1.70 bits per heavy atom. The van der Waals surface area contributed by atoms with Crippen molar-refractivity contribution in [1.82, 2.24) is 8.87 Å². The molecule has 0 saturated heterocycles. The van der Waals surface area contributed by atoms with Crippen LogP contribution in [0.25, 0.3) is 10.9 Å². The molecule has 0 spiro atoms. The summed E-state index contributed by atoms with van der Waals surface area (Å²) in [4.78, 5) is 2.96. The van der Waals surface area contributed by atoms with Crippen LogP contribution in [-0.4, -0.2) is 36.4 Å². The fourth-order valence-electron chi connectivity index (χ4n) is 4.83. The maximum Gasteiger partial charge on any atom is 0.268 e. The van der Waals surface area contributed by atoms with Crippen molar-refractivity contribution in [3.8, 4) is 0 Å². The van der Waals surface area contributed by atoms with Crippen LogP contribution in [0.2, 0.25) is 0 Å². The number of hydrogen-bond acceptors (Lipinski definition) is 3. The summed E-state index contributed by atoms with van der Waals surface area (Å²) in [6.45, 7) is 8.71. The van der Waals surface area contributed by atoms with Gasteiger partial charge in [-0.3, -0.25) is 0 Å². The molecule has 4 rings (SSSR count). The highest BCUT2D eigenvalue weighted by Gasteiger charge is 2.27. The molecule has 0 unspecified atom stereocenters. The molecule has 30 heavy (non-hydrogen) atoms. The van der Waals surface area contributed by atoms with Gasteiger partial charge in [0.05, 0.1) is 10.4 Å². The first-order valence-electron chi connectivity index (χ1n) is 11.1. The van der Waals surface area contributed by atoms with Crippen LogP contribution in [0.3, 0.4) is 0 Å². The highest BCUT2D eigenvalue weighted by Crippen LogP contribution is 2.33. The summed E-state index contributed by atoms with van der Waals surface area (Å²) in [7, 11) is -3.61. The number of nitrogens with zero attached hydrogens (tertiary/aromatic N) is 2. The second-order valence-corrected chi connectivity index (χ2v) is 10.3. The SMILES string of the molecule is CCCN(CCC)[C@@H]1CCc2ccc3c(ccn3S(=O)(=O)c3ccc(C)cc3)c2C1. The summed E-state index contributed by atoms with van der Waals surface area (Å²) in [5.74, 6) is 0. The van der Waals surface area contributed by atoms with E-state index < -0.39 is 10.0 Å². The average Bonchev–Trinajstić information content (AvgIpc) is 3.19. The second kappa shape index (κ2) is 8.56. The Bertz CT molecular complexity index is 1120. The molecule has 4 nitrogen and oxygen atoms in total. The number of benzene rings is 2. The van der Waals surface area contributed by atoms with E-state index in [1.54, 1.807) is 18.3 Å². The molecule has 1 heterocycles. The van der Waals surface area contributed by atoms with Gasteiger partial charge in [0, 0.05) is 17.6 Å². The van der Waals surface area contributed by atoms with E-state index in [0.29, 0.717) is 10.9 Å². The molecular formula is C25H32N2O2S. The van der Waals surface area contributed by atoms with Gasteiger partial charge in [0.25, 0.3) is 10.0 Å². The molecule has 1 atom stereocenters. The highest BCUT2D eigenvalue weighted by atomic mass is 32.2. The Hall–Kier alpha value is -2.11. The summed E-state index contributed by atoms with van der Waals surface area (Å²) in [5.41, 5.74) is 4.54. The standard InChI is InChI=1S/C25H32N2O2S/c1-4-15-26(16-5-2)21-10-8-20-9-13-25-23(24(20)18-21)14-17-27(25)30(28,29)22-11-6-19(3)7-12-22/h6-7,9,11-14,17,21H,4-5,8,10,15-16,18H2,1-3H3/t21-/m1/s1. The van der Waals surface area contributed by atoms with Crippen LogP contribution in [0.4, 0.5) is 0 Å². The topological polar surface area (TPSA) is 42.3 Å². The van der Waals surface area contributed by atoms with Crippen molar-refractivity contribution in [3.63, 3.8) is 0 Å². The monoisotopic (exact) mass is 424 g/mol. The molecule has 0 N–H and O–H groups in total. The summed E-state index contributed by atoms with van der Waals surface area (Å²) in [6.07, 6.45) is 7.30. The predicted octanol–water partition coefficient (Wildman–Crippen LogP) is 5.17. The first-order valence-corrected chi connectivity index (χ1v) is 12.6. The Morgan fingerprint density at radius 3 is 2.37 bits per heavy atom. The number of hydrogen-bond donors (Lipinski definition) is 0. The zero-order valence-electron chi connectivity index (χ0n) is 18.3. The van der Waals surface area contributed by atoms with Gasteiger partial charge in [0.1, 0.15) is 0 Å². The lowest BCUT2D eigenvalue weighted by Gasteiger charge is -2.35. The molecule has 2 aromatic carbocycles.